The van der Waals surface area contributed by atoms with Crippen molar-refractivity contribution in [2.75, 3.05) is 20.3 Å². The average molecular weight is 377 g/mol. The topological polar surface area (TPSA) is 51.5 Å². The first kappa shape index (κ1) is 17.8. The zero-order valence-electron chi connectivity index (χ0n) is 13.6. The van der Waals surface area contributed by atoms with Gasteiger partial charge < -0.3 is 9.30 Å². The van der Waals surface area contributed by atoms with Gasteiger partial charge in [-0.3, -0.25) is 14.5 Å². The summed E-state index contributed by atoms with van der Waals surface area (Å²) < 4.78 is 6.91. The lowest BCUT2D eigenvalue weighted by atomic mass is 10.3. The fourth-order valence-corrected chi connectivity index (χ4v) is 3.52. The number of aromatic nitrogens is 1. The number of thioether (sulfide) groups is 1. The van der Waals surface area contributed by atoms with Gasteiger partial charge in [0.2, 0.25) is 0 Å². The lowest BCUT2D eigenvalue weighted by molar-refractivity contribution is -0.122. The first-order chi connectivity index (χ1) is 12.1. The lowest BCUT2D eigenvalue weighted by Gasteiger charge is -2.11. The van der Waals surface area contributed by atoms with Crippen LogP contribution in [0.3, 0.4) is 0 Å². The van der Waals surface area contributed by atoms with Crippen molar-refractivity contribution in [1.29, 1.82) is 0 Å². The Morgan fingerprint density at radius 1 is 1.20 bits per heavy atom. The van der Waals surface area contributed by atoms with Crippen molar-refractivity contribution in [2.24, 2.45) is 0 Å². The monoisotopic (exact) mass is 376 g/mol. The highest BCUT2D eigenvalue weighted by molar-refractivity contribution is 8.18. The van der Waals surface area contributed by atoms with Crippen LogP contribution in [0.5, 0.6) is 0 Å². The van der Waals surface area contributed by atoms with Gasteiger partial charge in [-0.15, -0.1) is 0 Å². The number of rotatable bonds is 6. The fraction of sp³-hybridized carbons (Fsp3) is 0.222. The summed E-state index contributed by atoms with van der Waals surface area (Å²) in [7, 11) is 1.60. The van der Waals surface area contributed by atoms with E-state index in [1.54, 1.807) is 13.2 Å². The number of hydrogen-bond donors (Lipinski definition) is 0. The molecule has 1 aliphatic heterocycles. The molecule has 130 valence electrons. The molecule has 0 aliphatic carbocycles. The molecule has 1 fully saturated rings. The van der Waals surface area contributed by atoms with Crippen LogP contribution in [0.1, 0.15) is 12.1 Å². The molecule has 3 rings (SSSR count). The largest absolute Gasteiger partial charge is 0.385 e. The number of amides is 2. The quantitative estimate of drug-likeness (QED) is 0.560. The third kappa shape index (κ3) is 3.98. The lowest BCUT2D eigenvalue weighted by Crippen LogP contribution is -2.29. The number of carbonyl (C=O) groups excluding carboxylic acids is 2. The Balaban J connectivity index is 1.82. The van der Waals surface area contributed by atoms with Crippen molar-refractivity contribution in [3.05, 3.63) is 58.2 Å². The third-order valence-electron chi connectivity index (χ3n) is 3.77. The van der Waals surface area contributed by atoms with E-state index in [1.807, 2.05) is 47.2 Å². The van der Waals surface area contributed by atoms with Gasteiger partial charge in [0.05, 0.1) is 4.91 Å². The van der Waals surface area contributed by atoms with Gasteiger partial charge in [-0.25, -0.2) is 0 Å². The third-order valence-corrected chi connectivity index (χ3v) is 4.93. The highest BCUT2D eigenvalue weighted by Crippen LogP contribution is 2.32. The molecule has 1 aromatic heterocycles. The molecule has 1 aliphatic rings. The molecule has 2 heterocycles. The average Bonchev–Trinajstić information content (AvgIpc) is 3.16. The molecule has 25 heavy (non-hydrogen) atoms. The molecular formula is C18H17ClN2O3S. The second kappa shape index (κ2) is 7.91. The van der Waals surface area contributed by atoms with Crippen LogP contribution in [-0.2, 0) is 9.53 Å². The molecule has 1 saturated heterocycles. The summed E-state index contributed by atoms with van der Waals surface area (Å²) in [6.45, 7) is 0.883. The van der Waals surface area contributed by atoms with Gasteiger partial charge in [-0.2, -0.15) is 0 Å². The number of nitrogens with zero attached hydrogens (tertiary/aromatic N) is 2. The van der Waals surface area contributed by atoms with E-state index in [1.165, 1.54) is 4.90 Å². The summed E-state index contributed by atoms with van der Waals surface area (Å²) in [6, 6.07) is 11.2. The van der Waals surface area contributed by atoms with Crippen LogP contribution < -0.4 is 0 Å². The molecule has 7 heteroatoms. The number of halogens is 1. The standard InChI is InChI=1S/C18H17ClN2O3S/c1-24-11-3-10-21-17(22)16(25-18(21)23)12-15-4-2-9-20(15)14-7-5-13(19)6-8-14/h2,4-9,12H,3,10-11H2,1H3/b16-12+. The SMILES string of the molecule is COCCCN1C(=O)S/C(=C/c2cccn2-c2ccc(Cl)cc2)C1=O. The second-order valence-corrected chi connectivity index (χ2v) is 6.89. The Labute approximate surface area is 155 Å². The van der Waals surface area contributed by atoms with Gasteiger partial charge in [0.1, 0.15) is 0 Å². The van der Waals surface area contributed by atoms with E-state index in [4.69, 9.17) is 16.3 Å². The smallest absolute Gasteiger partial charge is 0.293 e. The van der Waals surface area contributed by atoms with Gasteiger partial charge in [-0.1, -0.05) is 11.6 Å². The molecule has 0 saturated carbocycles. The minimum Gasteiger partial charge on any atom is -0.385 e. The van der Waals surface area contributed by atoms with Crippen LogP contribution in [0.2, 0.25) is 5.02 Å². The molecule has 1 aromatic carbocycles. The summed E-state index contributed by atoms with van der Waals surface area (Å²) in [6.07, 6.45) is 4.27. The fourth-order valence-electron chi connectivity index (χ4n) is 2.54. The number of methoxy groups -OCH3 is 1. The van der Waals surface area contributed by atoms with Crippen LogP contribution in [0.25, 0.3) is 11.8 Å². The van der Waals surface area contributed by atoms with Crippen molar-refractivity contribution in [3.8, 4) is 5.69 Å². The molecule has 0 N–H and O–H groups in total. The number of benzene rings is 1. The highest BCUT2D eigenvalue weighted by atomic mass is 35.5. The summed E-state index contributed by atoms with van der Waals surface area (Å²) in [5.41, 5.74) is 1.75. The summed E-state index contributed by atoms with van der Waals surface area (Å²) >= 11 is 6.90. The number of hydrogen-bond acceptors (Lipinski definition) is 4. The van der Waals surface area contributed by atoms with E-state index < -0.39 is 0 Å². The van der Waals surface area contributed by atoms with Crippen molar-refractivity contribution >= 4 is 40.6 Å². The Bertz CT molecular complexity index is 814. The van der Waals surface area contributed by atoms with Crippen LogP contribution in [0.4, 0.5) is 4.79 Å². The molecule has 0 bridgehead atoms. The molecule has 0 unspecified atom stereocenters. The van der Waals surface area contributed by atoms with Gasteiger partial charge in [0, 0.05) is 42.9 Å². The van der Waals surface area contributed by atoms with Gasteiger partial charge in [0.15, 0.2) is 0 Å². The summed E-state index contributed by atoms with van der Waals surface area (Å²) in [4.78, 5) is 26.2. The van der Waals surface area contributed by atoms with E-state index in [9.17, 15) is 9.59 Å². The summed E-state index contributed by atoms with van der Waals surface area (Å²) in [5, 5.41) is 0.423. The van der Waals surface area contributed by atoms with Crippen molar-refractivity contribution < 1.29 is 14.3 Å². The van der Waals surface area contributed by atoms with E-state index in [0.29, 0.717) is 29.5 Å². The van der Waals surface area contributed by atoms with E-state index in [0.717, 1.165) is 23.1 Å². The molecule has 0 radical (unpaired) electrons. The number of ether oxygens (including phenoxy) is 1. The first-order valence-electron chi connectivity index (χ1n) is 7.78. The van der Waals surface area contributed by atoms with E-state index in [2.05, 4.69) is 0 Å². The molecular weight excluding hydrogens is 360 g/mol. The predicted molar refractivity (Wildman–Crippen MR) is 99.9 cm³/mol. The van der Waals surface area contributed by atoms with Crippen molar-refractivity contribution in [2.45, 2.75) is 6.42 Å². The van der Waals surface area contributed by atoms with Gasteiger partial charge in [0.25, 0.3) is 11.1 Å². The summed E-state index contributed by atoms with van der Waals surface area (Å²) in [5.74, 6) is -0.255. The van der Waals surface area contributed by atoms with E-state index >= 15 is 0 Å². The highest BCUT2D eigenvalue weighted by Gasteiger charge is 2.34. The van der Waals surface area contributed by atoms with Gasteiger partial charge >= 0.3 is 0 Å². The molecule has 5 nitrogen and oxygen atoms in total. The van der Waals surface area contributed by atoms with Crippen LogP contribution in [-0.4, -0.2) is 40.9 Å². The van der Waals surface area contributed by atoms with Crippen LogP contribution in [0, 0.1) is 0 Å². The van der Waals surface area contributed by atoms with Gasteiger partial charge in [-0.05, 0) is 60.7 Å². The zero-order chi connectivity index (χ0) is 17.8. The number of carbonyl (C=O) groups is 2. The molecule has 2 amide bonds. The second-order valence-electron chi connectivity index (χ2n) is 5.46. The normalized spacial score (nSPS) is 16.2. The minimum absolute atomic E-state index is 0.239. The van der Waals surface area contributed by atoms with Crippen molar-refractivity contribution in [3.63, 3.8) is 0 Å². The molecule has 2 aromatic rings. The van der Waals surface area contributed by atoms with E-state index in [-0.39, 0.29) is 11.1 Å². The van der Waals surface area contributed by atoms with Crippen molar-refractivity contribution in [1.82, 2.24) is 9.47 Å². The Morgan fingerprint density at radius 2 is 1.96 bits per heavy atom. The maximum absolute atomic E-state index is 12.5. The minimum atomic E-state index is -0.255. The Kier molecular flexibility index (Phi) is 5.63. The molecule has 0 atom stereocenters. The van der Waals surface area contributed by atoms with Crippen LogP contribution >= 0.6 is 23.4 Å². The zero-order valence-corrected chi connectivity index (χ0v) is 15.2. The predicted octanol–water partition coefficient (Wildman–Crippen LogP) is 4.20. The van der Waals surface area contributed by atoms with Crippen LogP contribution in [0.15, 0.2) is 47.5 Å². The number of imide groups is 1. The maximum atomic E-state index is 12.5. The Hall–Kier alpha value is -2.02. The Morgan fingerprint density at radius 3 is 2.68 bits per heavy atom. The molecule has 0 spiro atoms. The first-order valence-corrected chi connectivity index (χ1v) is 8.97. The maximum Gasteiger partial charge on any atom is 0.293 e.